The number of hydrogen-bond donors (Lipinski definition) is 1. The molecule has 0 radical (unpaired) electrons. The van der Waals surface area contributed by atoms with E-state index in [1.54, 1.807) is 0 Å². The van der Waals surface area contributed by atoms with E-state index in [9.17, 15) is 9.59 Å². The summed E-state index contributed by atoms with van der Waals surface area (Å²) < 4.78 is 9.44. The van der Waals surface area contributed by atoms with Crippen LogP contribution in [0.15, 0.2) is 0 Å². The summed E-state index contributed by atoms with van der Waals surface area (Å²) in [6.07, 6.45) is 1.03. The smallest absolute Gasteiger partial charge is 0.320 e. The lowest BCUT2D eigenvalue weighted by Gasteiger charge is -2.09. The summed E-state index contributed by atoms with van der Waals surface area (Å²) in [7, 11) is 1.17. The molecule has 0 aliphatic heterocycles. The van der Waals surface area contributed by atoms with Gasteiger partial charge in [0.05, 0.1) is 7.11 Å². The first-order valence-electron chi connectivity index (χ1n) is 4.51. The van der Waals surface area contributed by atoms with Crippen LogP contribution in [0.2, 0.25) is 0 Å². The number of rotatable bonds is 7. The number of carbonyl (C=O) groups is 2. The molecule has 0 aromatic rings. The van der Waals surface area contributed by atoms with Crippen molar-refractivity contribution in [3.8, 4) is 0 Å². The summed E-state index contributed by atoms with van der Waals surface area (Å²) in [5.41, 5.74) is 0. The Morgan fingerprint density at radius 2 is 2.00 bits per heavy atom. The summed E-state index contributed by atoms with van der Waals surface area (Å²) in [6.45, 7) is 2.79. The molecule has 0 fully saturated rings. The van der Waals surface area contributed by atoms with Crippen LogP contribution in [-0.4, -0.2) is 37.4 Å². The van der Waals surface area contributed by atoms with Crippen LogP contribution >= 0.6 is 0 Å². The zero-order valence-corrected chi connectivity index (χ0v) is 8.49. The maximum Gasteiger partial charge on any atom is 0.320 e. The van der Waals surface area contributed by atoms with Crippen LogP contribution in [0.25, 0.3) is 0 Å². The molecule has 1 unspecified atom stereocenters. The Bertz CT molecular complexity index is 190. The van der Waals surface area contributed by atoms with E-state index in [1.807, 2.05) is 6.92 Å². The SMILES string of the molecule is CCCOCCC(C(=O)O)C(=O)OC. The fourth-order valence-corrected chi connectivity index (χ4v) is 0.932. The van der Waals surface area contributed by atoms with Crippen LogP contribution in [0, 0.1) is 5.92 Å². The standard InChI is InChI=1S/C9H16O5/c1-3-5-14-6-4-7(8(10)11)9(12)13-2/h7H,3-6H2,1-2H3,(H,10,11). The van der Waals surface area contributed by atoms with E-state index in [-0.39, 0.29) is 13.0 Å². The van der Waals surface area contributed by atoms with Gasteiger partial charge in [-0.15, -0.1) is 0 Å². The number of esters is 1. The van der Waals surface area contributed by atoms with Crippen molar-refractivity contribution in [2.45, 2.75) is 19.8 Å². The van der Waals surface area contributed by atoms with Gasteiger partial charge in [0, 0.05) is 13.2 Å². The number of hydrogen-bond acceptors (Lipinski definition) is 4. The molecule has 14 heavy (non-hydrogen) atoms. The van der Waals surface area contributed by atoms with E-state index in [1.165, 1.54) is 7.11 Å². The molecular formula is C9H16O5. The normalized spacial score (nSPS) is 12.1. The van der Waals surface area contributed by atoms with Crippen molar-refractivity contribution in [1.82, 2.24) is 0 Å². The van der Waals surface area contributed by atoms with Crippen LogP contribution in [0.4, 0.5) is 0 Å². The average molecular weight is 204 g/mol. The fraction of sp³-hybridized carbons (Fsp3) is 0.778. The minimum Gasteiger partial charge on any atom is -0.481 e. The first kappa shape index (κ1) is 12.9. The Morgan fingerprint density at radius 3 is 2.43 bits per heavy atom. The summed E-state index contributed by atoms with van der Waals surface area (Å²) in [4.78, 5) is 21.6. The second-order valence-corrected chi connectivity index (χ2v) is 2.82. The Balaban J connectivity index is 3.86. The lowest BCUT2D eigenvalue weighted by atomic mass is 10.1. The molecule has 1 N–H and O–H groups in total. The summed E-state index contributed by atoms with van der Waals surface area (Å²) >= 11 is 0. The average Bonchev–Trinajstić information content (AvgIpc) is 2.16. The lowest BCUT2D eigenvalue weighted by Crippen LogP contribution is -2.26. The van der Waals surface area contributed by atoms with Gasteiger partial charge in [-0.3, -0.25) is 9.59 Å². The van der Waals surface area contributed by atoms with Gasteiger partial charge in [0.15, 0.2) is 5.92 Å². The second-order valence-electron chi connectivity index (χ2n) is 2.82. The van der Waals surface area contributed by atoms with Crippen LogP contribution in [0.3, 0.4) is 0 Å². The number of methoxy groups -OCH3 is 1. The topological polar surface area (TPSA) is 72.8 Å². The van der Waals surface area contributed by atoms with Gasteiger partial charge in [0.1, 0.15) is 0 Å². The Labute approximate surface area is 83.0 Å². The zero-order valence-electron chi connectivity index (χ0n) is 8.49. The minimum atomic E-state index is -1.17. The maximum absolute atomic E-state index is 11.0. The first-order chi connectivity index (χ1) is 6.63. The van der Waals surface area contributed by atoms with E-state index in [0.29, 0.717) is 6.61 Å². The van der Waals surface area contributed by atoms with Crippen molar-refractivity contribution in [2.24, 2.45) is 5.92 Å². The molecule has 0 aliphatic rings. The van der Waals surface area contributed by atoms with Crippen molar-refractivity contribution in [3.05, 3.63) is 0 Å². The van der Waals surface area contributed by atoms with Gasteiger partial charge >= 0.3 is 11.9 Å². The molecule has 0 saturated heterocycles. The molecule has 0 saturated carbocycles. The Hall–Kier alpha value is -1.10. The molecule has 5 nitrogen and oxygen atoms in total. The highest BCUT2D eigenvalue weighted by Crippen LogP contribution is 2.06. The largest absolute Gasteiger partial charge is 0.481 e. The molecule has 0 spiro atoms. The maximum atomic E-state index is 11.0. The van der Waals surface area contributed by atoms with Crippen LogP contribution in [0.5, 0.6) is 0 Å². The van der Waals surface area contributed by atoms with Gasteiger partial charge in [-0.05, 0) is 12.8 Å². The highest BCUT2D eigenvalue weighted by atomic mass is 16.5. The van der Waals surface area contributed by atoms with Gasteiger partial charge in [0.25, 0.3) is 0 Å². The Morgan fingerprint density at radius 1 is 1.36 bits per heavy atom. The van der Waals surface area contributed by atoms with Crippen LogP contribution < -0.4 is 0 Å². The molecule has 0 aromatic heterocycles. The predicted molar refractivity (Wildman–Crippen MR) is 48.9 cm³/mol. The van der Waals surface area contributed by atoms with Crippen molar-refractivity contribution in [2.75, 3.05) is 20.3 Å². The van der Waals surface area contributed by atoms with E-state index < -0.39 is 17.9 Å². The van der Waals surface area contributed by atoms with Gasteiger partial charge in [-0.25, -0.2) is 0 Å². The molecule has 0 rings (SSSR count). The van der Waals surface area contributed by atoms with Crippen molar-refractivity contribution in [3.63, 3.8) is 0 Å². The third kappa shape index (κ3) is 4.81. The van der Waals surface area contributed by atoms with Crippen molar-refractivity contribution in [1.29, 1.82) is 0 Å². The van der Waals surface area contributed by atoms with Crippen LogP contribution in [0.1, 0.15) is 19.8 Å². The lowest BCUT2D eigenvalue weighted by molar-refractivity contribution is -0.157. The minimum absolute atomic E-state index is 0.155. The zero-order chi connectivity index (χ0) is 11.0. The highest BCUT2D eigenvalue weighted by Gasteiger charge is 2.26. The van der Waals surface area contributed by atoms with Crippen molar-refractivity contribution >= 4 is 11.9 Å². The quantitative estimate of drug-likeness (QED) is 0.375. The van der Waals surface area contributed by atoms with E-state index >= 15 is 0 Å². The molecular weight excluding hydrogens is 188 g/mol. The van der Waals surface area contributed by atoms with Crippen molar-refractivity contribution < 1.29 is 24.2 Å². The summed E-state index contributed by atoms with van der Waals surface area (Å²) in [5.74, 6) is -3.01. The highest BCUT2D eigenvalue weighted by molar-refractivity contribution is 5.93. The molecule has 0 amide bonds. The second kappa shape index (κ2) is 7.32. The Kier molecular flexibility index (Phi) is 6.74. The number of carbonyl (C=O) groups excluding carboxylic acids is 1. The molecule has 0 bridgehead atoms. The third-order valence-electron chi connectivity index (χ3n) is 1.68. The van der Waals surface area contributed by atoms with Gasteiger partial charge in [-0.2, -0.15) is 0 Å². The first-order valence-corrected chi connectivity index (χ1v) is 4.51. The number of ether oxygens (including phenoxy) is 2. The van der Waals surface area contributed by atoms with Gasteiger partial charge in [0.2, 0.25) is 0 Å². The third-order valence-corrected chi connectivity index (χ3v) is 1.68. The number of carboxylic acids is 1. The molecule has 0 aliphatic carbocycles. The van der Waals surface area contributed by atoms with E-state index in [0.717, 1.165) is 6.42 Å². The molecule has 0 heterocycles. The molecule has 1 atom stereocenters. The predicted octanol–water partition coefficient (Wildman–Crippen LogP) is 0.677. The number of carboxylic acid groups (broad SMARTS) is 1. The molecule has 82 valence electrons. The van der Waals surface area contributed by atoms with Crippen LogP contribution in [-0.2, 0) is 19.1 Å². The van der Waals surface area contributed by atoms with Gasteiger partial charge in [-0.1, -0.05) is 6.92 Å². The monoisotopic (exact) mass is 204 g/mol. The molecule has 0 aromatic carbocycles. The summed E-state index contributed by atoms with van der Waals surface area (Å²) in [5, 5.41) is 8.67. The van der Waals surface area contributed by atoms with E-state index in [2.05, 4.69) is 4.74 Å². The van der Waals surface area contributed by atoms with Gasteiger partial charge < -0.3 is 14.6 Å². The summed E-state index contributed by atoms with van der Waals surface area (Å²) in [6, 6.07) is 0. The fourth-order valence-electron chi connectivity index (χ4n) is 0.932. The number of aliphatic carboxylic acids is 1. The van der Waals surface area contributed by atoms with E-state index in [4.69, 9.17) is 9.84 Å². The molecule has 5 heteroatoms.